The Morgan fingerprint density at radius 1 is 0.839 bits per heavy atom. The van der Waals surface area contributed by atoms with Gasteiger partial charge in [-0.25, -0.2) is 0 Å². The predicted octanol–water partition coefficient (Wildman–Crippen LogP) is 7.33. The Morgan fingerprint density at radius 3 is 2.00 bits per heavy atom. The number of nitrogens with two attached hydrogens (primary N) is 1. The molecule has 3 nitrogen and oxygen atoms in total. The molecular weight excluding hydrogens is 382 g/mol. The fourth-order valence-electron chi connectivity index (χ4n) is 7.08. The van der Waals surface area contributed by atoms with Crippen LogP contribution in [0, 0.1) is 21.7 Å². The molecule has 4 N–H and O–H groups in total. The van der Waals surface area contributed by atoms with Crippen LogP contribution in [-0.4, -0.2) is 22.0 Å². The smallest absolute Gasteiger partial charge is 0.116 e. The second kappa shape index (κ2) is 10.4. The van der Waals surface area contributed by atoms with Crippen LogP contribution < -0.4 is 5.73 Å². The van der Waals surface area contributed by atoms with E-state index in [1.165, 1.54) is 70.6 Å². The summed E-state index contributed by atoms with van der Waals surface area (Å²) in [6.45, 7) is 13.3. The van der Waals surface area contributed by atoms with Crippen molar-refractivity contribution in [1.82, 2.24) is 0 Å². The van der Waals surface area contributed by atoms with Gasteiger partial charge in [0.25, 0.3) is 0 Å². The molecule has 0 spiro atoms. The summed E-state index contributed by atoms with van der Waals surface area (Å²) in [5.74, 6) is 0. The van der Waals surface area contributed by atoms with Gasteiger partial charge in [0.1, 0.15) is 5.72 Å². The van der Waals surface area contributed by atoms with Crippen LogP contribution in [0.3, 0.4) is 0 Å². The quantitative estimate of drug-likeness (QED) is 0.301. The highest BCUT2D eigenvalue weighted by Gasteiger charge is 2.50. The Labute approximate surface area is 194 Å². The summed E-state index contributed by atoms with van der Waals surface area (Å²) < 4.78 is 0. The lowest BCUT2D eigenvalue weighted by Crippen LogP contribution is -2.52. The average molecular weight is 438 g/mol. The van der Waals surface area contributed by atoms with E-state index in [-0.39, 0.29) is 16.9 Å². The summed E-state index contributed by atoms with van der Waals surface area (Å²) in [5, 5.41) is 21.4. The van der Waals surface area contributed by atoms with Crippen molar-refractivity contribution in [3.8, 4) is 0 Å². The van der Waals surface area contributed by atoms with Gasteiger partial charge in [-0.05, 0) is 87.9 Å². The van der Waals surface area contributed by atoms with E-state index in [2.05, 4.69) is 27.7 Å². The number of unbranched alkanes of at least 4 members (excludes halogenated alkanes) is 2. The van der Waals surface area contributed by atoms with Crippen molar-refractivity contribution in [2.45, 2.75) is 156 Å². The van der Waals surface area contributed by atoms with Gasteiger partial charge in [-0.1, -0.05) is 72.6 Å². The number of fused-ring (bicyclic) bond motifs is 1. The highest BCUT2D eigenvalue weighted by molar-refractivity contribution is 5.01. The van der Waals surface area contributed by atoms with Crippen LogP contribution in [0.4, 0.5) is 0 Å². The van der Waals surface area contributed by atoms with Crippen LogP contribution in [0.5, 0.6) is 0 Å². The molecule has 6 unspecified atom stereocenters. The second-order valence-corrected chi connectivity index (χ2v) is 12.8. The van der Waals surface area contributed by atoms with Gasteiger partial charge in [0.2, 0.25) is 0 Å². The first-order chi connectivity index (χ1) is 14.3. The van der Waals surface area contributed by atoms with Gasteiger partial charge in [-0.15, -0.1) is 0 Å². The van der Waals surface area contributed by atoms with Crippen molar-refractivity contribution in [3.63, 3.8) is 0 Å². The largest absolute Gasteiger partial charge is 0.393 e. The maximum atomic E-state index is 10.9. The van der Waals surface area contributed by atoms with Crippen LogP contribution in [0.1, 0.15) is 144 Å². The van der Waals surface area contributed by atoms with Crippen molar-refractivity contribution in [2.75, 3.05) is 0 Å². The van der Waals surface area contributed by atoms with E-state index in [9.17, 15) is 10.2 Å². The first-order valence-corrected chi connectivity index (χ1v) is 13.5. The van der Waals surface area contributed by atoms with Gasteiger partial charge in [0, 0.05) is 5.41 Å². The predicted molar refractivity (Wildman–Crippen MR) is 133 cm³/mol. The summed E-state index contributed by atoms with van der Waals surface area (Å²) in [7, 11) is 0. The molecule has 6 atom stereocenters. The van der Waals surface area contributed by atoms with Crippen molar-refractivity contribution in [1.29, 1.82) is 0 Å². The van der Waals surface area contributed by atoms with Crippen molar-refractivity contribution >= 4 is 0 Å². The van der Waals surface area contributed by atoms with Crippen LogP contribution in [0.15, 0.2) is 0 Å². The van der Waals surface area contributed by atoms with Crippen LogP contribution in [-0.2, 0) is 0 Å². The molecule has 2 rings (SSSR count). The second-order valence-electron chi connectivity index (χ2n) is 12.8. The Balaban J connectivity index is 2.42. The minimum absolute atomic E-state index is 0.0485. The summed E-state index contributed by atoms with van der Waals surface area (Å²) in [6.07, 6.45) is 19.1. The van der Waals surface area contributed by atoms with Gasteiger partial charge in [-0.3, -0.25) is 0 Å². The molecule has 0 aromatic heterocycles. The number of rotatable bonds is 6. The molecule has 31 heavy (non-hydrogen) atoms. The van der Waals surface area contributed by atoms with E-state index in [1.54, 1.807) is 0 Å². The minimum atomic E-state index is -1.12. The van der Waals surface area contributed by atoms with E-state index < -0.39 is 5.72 Å². The normalized spacial score (nSPS) is 41.3. The first-order valence-electron chi connectivity index (χ1n) is 13.5. The molecule has 0 aromatic carbocycles. The molecule has 2 fully saturated rings. The highest BCUT2D eigenvalue weighted by Crippen LogP contribution is 2.60. The van der Waals surface area contributed by atoms with Gasteiger partial charge < -0.3 is 15.9 Å². The zero-order chi connectivity index (χ0) is 23.4. The van der Waals surface area contributed by atoms with Gasteiger partial charge in [0.05, 0.1) is 6.10 Å². The zero-order valence-corrected chi connectivity index (χ0v) is 21.9. The minimum Gasteiger partial charge on any atom is -0.393 e. The molecule has 0 heterocycles. The molecule has 0 aromatic rings. The SMILES string of the molecule is CCCCCC12CCCC(C)(C(C)O)CCCC1(C)CCCCC(C)(C(C)(N)O)CC2. The molecule has 0 radical (unpaired) electrons. The van der Waals surface area contributed by atoms with E-state index in [1.807, 2.05) is 13.8 Å². The lowest BCUT2D eigenvalue weighted by Gasteiger charge is -2.52. The lowest BCUT2D eigenvalue weighted by molar-refractivity contribution is -0.0793. The summed E-state index contributed by atoms with van der Waals surface area (Å²) in [6, 6.07) is 0. The standard InChI is InChI=1S/C28H55NO2/c1-7-8-9-19-28-20-13-15-24(3,23(2)30)14-12-18-26(28,5)17-11-10-16-25(4,21-22-28)27(6,29)31/h23,30-31H,7-22,29H2,1-6H3. The molecule has 2 aliphatic carbocycles. The average Bonchev–Trinajstić information content (AvgIpc) is 2.75. The third kappa shape index (κ3) is 6.07. The van der Waals surface area contributed by atoms with Crippen LogP contribution in [0.2, 0.25) is 0 Å². The molecule has 2 saturated carbocycles. The summed E-state index contributed by atoms with van der Waals surface area (Å²) in [4.78, 5) is 0. The zero-order valence-electron chi connectivity index (χ0n) is 21.9. The molecular formula is C28H55NO2. The Kier molecular flexibility index (Phi) is 9.13. The van der Waals surface area contributed by atoms with Gasteiger partial charge in [0.15, 0.2) is 0 Å². The van der Waals surface area contributed by atoms with Gasteiger partial charge in [-0.2, -0.15) is 0 Å². The molecule has 184 valence electrons. The van der Waals surface area contributed by atoms with Crippen molar-refractivity contribution in [3.05, 3.63) is 0 Å². The number of hydrogen-bond acceptors (Lipinski definition) is 3. The van der Waals surface area contributed by atoms with Crippen LogP contribution in [0.25, 0.3) is 0 Å². The fourth-order valence-corrected chi connectivity index (χ4v) is 7.08. The van der Waals surface area contributed by atoms with Crippen molar-refractivity contribution < 1.29 is 10.2 Å². The van der Waals surface area contributed by atoms with E-state index in [0.717, 1.165) is 32.1 Å². The Hall–Kier alpha value is -0.120. The number of aliphatic hydroxyl groups excluding tert-OH is 1. The fraction of sp³-hybridized carbons (Fsp3) is 1.00. The molecule has 0 saturated heterocycles. The summed E-state index contributed by atoms with van der Waals surface area (Å²) >= 11 is 0. The van der Waals surface area contributed by atoms with E-state index in [4.69, 9.17) is 5.73 Å². The monoisotopic (exact) mass is 437 g/mol. The maximum Gasteiger partial charge on any atom is 0.116 e. The van der Waals surface area contributed by atoms with E-state index >= 15 is 0 Å². The molecule has 0 aliphatic heterocycles. The highest BCUT2D eigenvalue weighted by atomic mass is 16.3. The molecule has 3 heteroatoms. The molecule has 0 amide bonds. The van der Waals surface area contributed by atoms with Crippen LogP contribution >= 0.6 is 0 Å². The topological polar surface area (TPSA) is 66.5 Å². The van der Waals surface area contributed by atoms with E-state index in [0.29, 0.717) is 10.8 Å². The lowest BCUT2D eigenvalue weighted by atomic mass is 9.54. The number of aliphatic hydroxyl groups is 2. The maximum absolute atomic E-state index is 10.9. The Bertz CT molecular complexity index is 556. The third-order valence-corrected chi connectivity index (χ3v) is 10.5. The molecule has 2 aliphatic rings. The van der Waals surface area contributed by atoms with Gasteiger partial charge >= 0.3 is 0 Å². The molecule has 0 bridgehead atoms. The van der Waals surface area contributed by atoms with Crippen molar-refractivity contribution in [2.24, 2.45) is 27.4 Å². The third-order valence-electron chi connectivity index (χ3n) is 10.5. The summed E-state index contributed by atoms with van der Waals surface area (Å²) in [5.41, 5.74) is 5.73. The first kappa shape index (κ1) is 27.1. The Morgan fingerprint density at radius 2 is 1.42 bits per heavy atom. The number of hydrogen-bond donors (Lipinski definition) is 3.